The summed E-state index contributed by atoms with van der Waals surface area (Å²) in [7, 11) is 1.64. The third kappa shape index (κ3) is 5.89. The van der Waals surface area contributed by atoms with Crippen LogP contribution in [0, 0.1) is 11.8 Å². The molecule has 1 aliphatic rings. The smallest absolute Gasteiger partial charge is 0.328 e. The predicted octanol–water partition coefficient (Wildman–Crippen LogP) is 8.68. The van der Waals surface area contributed by atoms with Gasteiger partial charge in [-0.05, 0) is 93.5 Å². The molecule has 0 aromatic heterocycles. The van der Waals surface area contributed by atoms with Crippen LogP contribution in [0.1, 0.15) is 55.0 Å². The Balaban J connectivity index is 1.98. The van der Waals surface area contributed by atoms with Crippen molar-refractivity contribution >= 4 is 40.9 Å². The molecule has 2 atom stereocenters. The van der Waals surface area contributed by atoms with E-state index in [2.05, 4.69) is 63.2 Å². The van der Waals surface area contributed by atoms with Gasteiger partial charge >= 0.3 is 5.97 Å². The van der Waals surface area contributed by atoms with Gasteiger partial charge in [0.05, 0.1) is 12.1 Å². The number of rotatable bonds is 7. The molecule has 37 heavy (non-hydrogen) atoms. The number of halogens is 1. The van der Waals surface area contributed by atoms with Gasteiger partial charge in [0.2, 0.25) is 0 Å². The average molecular weight is 513 g/mol. The summed E-state index contributed by atoms with van der Waals surface area (Å²) in [6.07, 6.45) is 6.94. The molecule has 1 aliphatic carbocycles. The minimum absolute atomic E-state index is 0.313. The van der Waals surface area contributed by atoms with Crippen LogP contribution in [0.25, 0.3) is 23.3 Å². The zero-order valence-corrected chi connectivity index (χ0v) is 22.5. The van der Waals surface area contributed by atoms with Crippen molar-refractivity contribution in [3.05, 3.63) is 111 Å². The van der Waals surface area contributed by atoms with E-state index in [1.54, 1.807) is 13.2 Å². The van der Waals surface area contributed by atoms with Crippen molar-refractivity contribution in [2.45, 2.75) is 33.6 Å². The molecule has 3 nitrogen and oxygen atoms in total. The normalized spacial score (nSPS) is 18.0. The van der Waals surface area contributed by atoms with Crippen molar-refractivity contribution in [1.29, 1.82) is 0 Å². The Morgan fingerprint density at radius 1 is 1.08 bits per heavy atom. The lowest BCUT2D eigenvalue weighted by molar-refractivity contribution is -0.131. The van der Waals surface area contributed by atoms with Gasteiger partial charge < -0.3 is 9.84 Å². The summed E-state index contributed by atoms with van der Waals surface area (Å²) >= 11 is 6.83. The molecule has 0 saturated heterocycles. The molecule has 3 aromatic carbocycles. The van der Waals surface area contributed by atoms with Gasteiger partial charge in [-0.2, -0.15) is 0 Å². The van der Waals surface area contributed by atoms with Crippen LogP contribution in [0.4, 0.5) is 0 Å². The number of carboxylic acid groups (broad SMARTS) is 1. The lowest BCUT2D eigenvalue weighted by Crippen LogP contribution is -2.13. The fourth-order valence-corrected chi connectivity index (χ4v) is 5.39. The van der Waals surface area contributed by atoms with Crippen LogP contribution in [0.15, 0.2) is 78.4 Å². The second-order valence-corrected chi connectivity index (χ2v) is 10.0. The number of aliphatic carboxylic acids is 1. The van der Waals surface area contributed by atoms with Crippen molar-refractivity contribution in [2.75, 3.05) is 7.11 Å². The number of hydrogen-bond donors (Lipinski definition) is 1. The molecule has 0 fully saturated rings. The number of carbonyl (C=O) groups is 1. The van der Waals surface area contributed by atoms with E-state index >= 15 is 0 Å². The van der Waals surface area contributed by atoms with E-state index in [1.165, 1.54) is 27.8 Å². The molecule has 1 N–H and O–H groups in total. The molecule has 0 heterocycles. The van der Waals surface area contributed by atoms with Crippen LogP contribution in [-0.4, -0.2) is 18.2 Å². The zero-order valence-electron chi connectivity index (χ0n) is 21.8. The van der Waals surface area contributed by atoms with Crippen molar-refractivity contribution in [3.8, 4) is 5.75 Å². The molecule has 1 unspecified atom stereocenters. The van der Waals surface area contributed by atoms with E-state index in [1.807, 2.05) is 30.3 Å². The van der Waals surface area contributed by atoms with Gasteiger partial charge in [0.25, 0.3) is 0 Å². The highest BCUT2D eigenvalue weighted by atomic mass is 35.5. The van der Waals surface area contributed by atoms with Gasteiger partial charge in [-0.3, -0.25) is 0 Å². The quantitative estimate of drug-likeness (QED) is 0.254. The van der Waals surface area contributed by atoms with Crippen LogP contribution in [0.3, 0.4) is 0 Å². The fraction of sp³-hybridized carbons (Fsp3) is 0.242. The maximum absolute atomic E-state index is 11.0. The summed E-state index contributed by atoms with van der Waals surface area (Å²) in [4.78, 5) is 11.0. The monoisotopic (exact) mass is 512 g/mol. The molecule has 0 spiro atoms. The van der Waals surface area contributed by atoms with Gasteiger partial charge in [-0.1, -0.05) is 87.0 Å². The van der Waals surface area contributed by atoms with Crippen LogP contribution < -0.4 is 4.74 Å². The van der Waals surface area contributed by atoms with Crippen LogP contribution in [0.5, 0.6) is 5.75 Å². The highest BCUT2D eigenvalue weighted by Crippen LogP contribution is 2.44. The number of benzene rings is 3. The molecule has 0 saturated carbocycles. The molecule has 0 radical (unpaired) electrons. The van der Waals surface area contributed by atoms with Gasteiger partial charge in [0, 0.05) is 6.08 Å². The van der Waals surface area contributed by atoms with E-state index in [9.17, 15) is 4.79 Å². The number of ether oxygens (including phenoxy) is 1. The van der Waals surface area contributed by atoms with Crippen molar-refractivity contribution < 1.29 is 14.6 Å². The Labute approximate surface area is 224 Å². The average Bonchev–Trinajstić information content (AvgIpc) is 3.02. The van der Waals surface area contributed by atoms with E-state index in [4.69, 9.17) is 21.4 Å². The number of carboxylic acids is 1. The molecule has 0 amide bonds. The van der Waals surface area contributed by atoms with Crippen LogP contribution in [0.2, 0.25) is 5.02 Å². The zero-order chi connectivity index (χ0) is 26.5. The summed E-state index contributed by atoms with van der Waals surface area (Å²) in [6.45, 7) is 6.80. The Morgan fingerprint density at radius 2 is 1.81 bits per heavy atom. The van der Waals surface area contributed by atoms with Crippen molar-refractivity contribution in [1.82, 2.24) is 0 Å². The third-order valence-corrected chi connectivity index (χ3v) is 7.63. The van der Waals surface area contributed by atoms with E-state index < -0.39 is 5.97 Å². The summed E-state index contributed by atoms with van der Waals surface area (Å²) in [5.74, 6) is 0.529. The van der Waals surface area contributed by atoms with Crippen LogP contribution in [-0.2, 0) is 11.2 Å². The van der Waals surface area contributed by atoms with Gasteiger partial charge in [0.15, 0.2) is 0 Å². The van der Waals surface area contributed by atoms with Crippen molar-refractivity contribution in [2.24, 2.45) is 11.8 Å². The highest BCUT2D eigenvalue weighted by molar-refractivity contribution is 6.33. The van der Waals surface area contributed by atoms with E-state index in [0.29, 0.717) is 16.9 Å². The third-order valence-electron chi connectivity index (χ3n) is 7.32. The first kappa shape index (κ1) is 26.5. The van der Waals surface area contributed by atoms with E-state index in [0.717, 1.165) is 41.4 Å². The standard InChI is InChI=1S/C33H33ClO3/c1-5-28(29-16-15-27(37-4)20-31(29)34)33(24-13-10-23(11-14-24)12-17-32(35)36)30-19-26-9-7-6-8-25(26)18-21(2)22(30)3/h6-17,19-22H,5,18H2,1-4H3,(H,35,36)/b17-12+,33-28+/t21-,22?/m1/s1. The molecular formula is C33H33ClO3. The number of hydrogen-bond acceptors (Lipinski definition) is 2. The Bertz CT molecular complexity index is 1380. The van der Waals surface area contributed by atoms with E-state index in [-0.39, 0.29) is 0 Å². The minimum atomic E-state index is -0.961. The second-order valence-electron chi connectivity index (χ2n) is 9.62. The Morgan fingerprint density at radius 3 is 2.46 bits per heavy atom. The maximum atomic E-state index is 11.0. The maximum Gasteiger partial charge on any atom is 0.328 e. The summed E-state index contributed by atoms with van der Waals surface area (Å²) in [6, 6.07) is 22.6. The number of methoxy groups -OCH3 is 1. The molecule has 3 aromatic rings. The summed E-state index contributed by atoms with van der Waals surface area (Å²) in [5, 5.41) is 9.68. The molecule has 4 rings (SSSR count). The molecule has 190 valence electrons. The largest absolute Gasteiger partial charge is 0.497 e. The van der Waals surface area contributed by atoms with Gasteiger partial charge in [-0.15, -0.1) is 0 Å². The molecular weight excluding hydrogens is 480 g/mol. The molecule has 0 bridgehead atoms. The first-order chi connectivity index (χ1) is 17.8. The van der Waals surface area contributed by atoms with Gasteiger partial charge in [0.1, 0.15) is 5.75 Å². The van der Waals surface area contributed by atoms with Gasteiger partial charge in [-0.25, -0.2) is 4.79 Å². The summed E-state index contributed by atoms with van der Waals surface area (Å²) < 4.78 is 5.40. The van der Waals surface area contributed by atoms with Crippen LogP contribution >= 0.6 is 11.6 Å². The van der Waals surface area contributed by atoms with Crippen molar-refractivity contribution in [3.63, 3.8) is 0 Å². The first-order valence-electron chi connectivity index (χ1n) is 12.7. The lowest BCUT2D eigenvalue weighted by Gasteiger charge is -2.26. The number of fused-ring (bicyclic) bond motifs is 1. The second kappa shape index (κ2) is 11.7. The predicted molar refractivity (Wildman–Crippen MR) is 155 cm³/mol. The minimum Gasteiger partial charge on any atom is -0.497 e. The summed E-state index contributed by atoms with van der Waals surface area (Å²) in [5.41, 5.74) is 9.18. The molecule has 0 aliphatic heterocycles. The highest BCUT2D eigenvalue weighted by Gasteiger charge is 2.27. The molecule has 4 heteroatoms. The topological polar surface area (TPSA) is 46.5 Å². The Hall–Kier alpha value is -3.56. The Kier molecular flexibility index (Phi) is 8.35. The lowest BCUT2D eigenvalue weighted by atomic mass is 9.78. The fourth-order valence-electron chi connectivity index (χ4n) is 5.10. The first-order valence-corrected chi connectivity index (χ1v) is 13.1. The number of allylic oxidation sites excluding steroid dienone is 3. The SMILES string of the molecule is CC/C(=C(\C1=Cc2ccccc2C[C@@H](C)C1C)c1ccc(/C=C/C(=O)O)cc1)c1ccc(OC)cc1Cl.